The van der Waals surface area contributed by atoms with Gasteiger partial charge in [0.2, 0.25) is 21.2 Å². The number of carbonyl (C=O) groups excluding carboxylic acids is 1. The van der Waals surface area contributed by atoms with Crippen molar-refractivity contribution in [2.75, 3.05) is 12.4 Å². The lowest BCUT2D eigenvalue weighted by molar-refractivity contribution is -0.116. The van der Waals surface area contributed by atoms with Gasteiger partial charge in [-0.25, -0.2) is 13.4 Å². The van der Waals surface area contributed by atoms with Crippen LogP contribution in [-0.4, -0.2) is 31.0 Å². The number of pyridine rings is 2. The maximum absolute atomic E-state index is 13.4. The molecule has 2 aromatic carbocycles. The Morgan fingerprint density at radius 2 is 1.74 bits per heavy atom. The molecule has 0 aliphatic carbocycles. The van der Waals surface area contributed by atoms with Gasteiger partial charge < -0.3 is 14.6 Å². The zero-order valence-electron chi connectivity index (χ0n) is 19.8. The Kier molecular flexibility index (Phi) is 6.45. The lowest BCUT2D eigenvalue weighted by Crippen LogP contribution is -2.24. The Morgan fingerprint density at radius 1 is 1.03 bits per heavy atom. The lowest BCUT2D eigenvalue weighted by Gasteiger charge is -2.15. The first-order valence-electron chi connectivity index (χ1n) is 10.9. The summed E-state index contributed by atoms with van der Waals surface area (Å²) in [5.41, 5.74) is 2.74. The highest BCUT2D eigenvalue weighted by atomic mass is 32.2. The molecule has 0 unspecified atom stereocenters. The molecule has 0 saturated heterocycles. The van der Waals surface area contributed by atoms with Crippen LogP contribution >= 0.6 is 0 Å². The summed E-state index contributed by atoms with van der Waals surface area (Å²) < 4.78 is 33.3. The van der Waals surface area contributed by atoms with E-state index < -0.39 is 20.2 Å². The highest BCUT2D eigenvalue weighted by Crippen LogP contribution is 2.23. The second kappa shape index (κ2) is 9.34. The highest BCUT2D eigenvalue weighted by molar-refractivity contribution is 7.91. The fourth-order valence-electron chi connectivity index (χ4n) is 3.74. The summed E-state index contributed by atoms with van der Waals surface area (Å²) in [5.74, 6) is 0.113. The SMILES string of the molecule is COc1ccc(S(=O)(=O)c2cn(CC(=O)Nc3cc(C)ccc3C)c3nc(C)ccc3c2=O)cc1. The summed E-state index contributed by atoms with van der Waals surface area (Å²) in [6, 6.07) is 14.7. The minimum Gasteiger partial charge on any atom is -0.497 e. The van der Waals surface area contributed by atoms with Crippen LogP contribution < -0.4 is 15.5 Å². The van der Waals surface area contributed by atoms with Gasteiger partial charge in [-0.1, -0.05) is 12.1 Å². The molecule has 0 radical (unpaired) electrons. The predicted octanol–water partition coefficient (Wildman–Crippen LogP) is 3.80. The van der Waals surface area contributed by atoms with Crippen LogP contribution in [0.3, 0.4) is 0 Å². The van der Waals surface area contributed by atoms with Gasteiger partial charge in [-0.3, -0.25) is 9.59 Å². The van der Waals surface area contributed by atoms with E-state index >= 15 is 0 Å². The molecular weight excluding hydrogens is 466 g/mol. The largest absolute Gasteiger partial charge is 0.497 e. The van der Waals surface area contributed by atoms with Gasteiger partial charge in [0.15, 0.2) is 0 Å². The van der Waals surface area contributed by atoms with E-state index in [9.17, 15) is 18.0 Å². The first-order chi connectivity index (χ1) is 16.6. The van der Waals surface area contributed by atoms with E-state index in [0.29, 0.717) is 17.1 Å². The van der Waals surface area contributed by atoms with Crippen molar-refractivity contribution in [3.63, 3.8) is 0 Å². The molecule has 1 amide bonds. The van der Waals surface area contributed by atoms with E-state index in [0.717, 1.165) is 11.1 Å². The van der Waals surface area contributed by atoms with Crippen molar-refractivity contribution in [1.29, 1.82) is 0 Å². The number of fused-ring (bicyclic) bond motifs is 1. The minimum absolute atomic E-state index is 0.0544. The third-order valence-corrected chi connectivity index (χ3v) is 7.43. The Labute approximate surface area is 203 Å². The minimum atomic E-state index is -4.17. The molecule has 0 aliphatic rings. The molecule has 1 N–H and O–H groups in total. The molecule has 0 bridgehead atoms. The number of anilines is 1. The topological polar surface area (TPSA) is 107 Å². The number of aryl methyl sites for hydroxylation is 3. The fourth-order valence-corrected chi connectivity index (χ4v) is 5.11. The summed E-state index contributed by atoms with van der Waals surface area (Å²) >= 11 is 0. The molecule has 9 heteroatoms. The zero-order valence-corrected chi connectivity index (χ0v) is 20.6. The lowest BCUT2D eigenvalue weighted by atomic mass is 10.1. The number of benzene rings is 2. The standard InChI is InChI=1S/C26H25N3O5S/c1-16-5-6-17(2)22(13-16)28-24(30)15-29-14-23(25(31)21-12-7-18(3)27-26(21)29)35(32,33)20-10-8-19(34-4)9-11-20/h5-14H,15H2,1-4H3,(H,28,30). The summed E-state index contributed by atoms with van der Waals surface area (Å²) in [4.78, 5) is 30.1. The molecule has 0 atom stereocenters. The van der Waals surface area contributed by atoms with E-state index in [1.807, 2.05) is 32.0 Å². The number of hydrogen-bond donors (Lipinski definition) is 1. The summed E-state index contributed by atoms with van der Waals surface area (Å²) in [5, 5.41) is 2.98. The number of hydrogen-bond acceptors (Lipinski definition) is 6. The number of sulfone groups is 1. The fraction of sp³-hybridized carbons (Fsp3) is 0.192. The van der Waals surface area contributed by atoms with Crippen LogP contribution in [0.25, 0.3) is 11.0 Å². The zero-order chi connectivity index (χ0) is 25.3. The van der Waals surface area contributed by atoms with E-state index in [4.69, 9.17) is 4.74 Å². The molecule has 4 rings (SSSR count). The van der Waals surface area contributed by atoms with Gasteiger partial charge in [0.05, 0.1) is 17.4 Å². The van der Waals surface area contributed by atoms with E-state index in [1.54, 1.807) is 13.0 Å². The molecule has 35 heavy (non-hydrogen) atoms. The third kappa shape index (κ3) is 4.81. The van der Waals surface area contributed by atoms with Crippen molar-refractivity contribution >= 4 is 32.5 Å². The van der Waals surface area contributed by atoms with E-state index in [2.05, 4.69) is 10.3 Å². The van der Waals surface area contributed by atoms with E-state index in [1.165, 1.54) is 48.2 Å². The number of rotatable bonds is 6. The molecule has 0 saturated carbocycles. The van der Waals surface area contributed by atoms with Gasteiger partial charge in [0, 0.05) is 17.6 Å². The normalized spacial score (nSPS) is 11.4. The van der Waals surface area contributed by atoms with Crippen LogP contribution in [0.2, 0.25) is 0 Å². The number of ether oxygens (including phenoxy) is 1. The Balaban J connectivity index is 1.81. The van der Waals surface area contributed by atoms with Crippen LogP contribution in [0.15, 0.2) is 75.4 Å². The second-order valence-corrected chi connectivity index (χ2v) is 10.2. The highest BCUT2D eigenvalue weighted by Gasteiger charge is 2.25. The average molecular weight is 492 g/mol. The summed E-state index contributed by atoms with van der Waals surface area (Å²) in [7, 11) is -2.70. The maximum atomic E-state index is 13.4. The van der Waals surface area contributed by atoms with Crippen molar-refractivity contribution in [3.8, 4) is 5.75 Å². The first-order valence-corrected chi connectivity index (χ1v) is 12.4. The quantitative estimate of drug-likeness (QED) is 0.440. The number of carbonyl (C=O) groups is 1. The third-order valence-electron chi connectivity index (χ3n) is 5.67. The summed E-state index contributed by atoms with van der Waals surface area (Å²) in [6.07, 6.45) is 1.19. The van der Waals surface area contributed by atoms with Gasteiger partial charge in [-0.15, -0.1) is 0 Å². The van der Waals surface area contributed by atoms with Crippen LogP contribution in [0.4, 0.5) is 5.69 Å². The van der Waals surface area contributed by atoms with Gasteiger partial charge >= 0.3 is 0 Å². The Hall–Kier alpha value is -3.98. The molecule has 4 aromatic rings. The van der Waals surface area contributed by atoms with Crippen LogP contribution in [-0.2, 0) is 21.2 Å². The monoisotopic (exact) mass is 491 g/mol. The van der Waals surface area contributed by atoms with Crippen LogP contribution in [0.5, 0.6) is 5.75 Å². The van der Waals surface area contributed by atoms with Gasteiger partial charge in [0.25, 0.3) is 0 Å². The van der Waals surface area contributed by atoms with E-state index in [-0.39, 0.29) is 28.4 Å². The molecule has 2 heterocycles. The average Bonchev–Trinajstić information content (AvgIpc) is 2.83. The summed E-state index contributed by atoms with van der Waals surface area (Å²) in [6.45, 7) is 5.33. The van der Waals surface area contributed by atoms with Gasteiger partial charge in [0.1, 0.15) is 22.8 Å². The molecule has 180 valence electrons. The maximum Gasteiger partial charge on any atom is 0.244 e. The van der Waals surface area contributed by atoms with Crippen LogP contribution in [0.1, 0.15) is 16.8 Å². The number of nitrogens with one attached hydrogen (secondary N) is 1. The molecule has 0 fully saturated rings. The first kappa shape index (κ1) is 24.2. The number of methoxy groups -OCH3 is 1. The van der Waals surface area contributed by atoms with Crippen LogP contribution in [0, 0.1) is 20.8 Å². The van der Waals surface area contributed by atoms with Crippen molar-refractivity contribution < 1.29 is 17.9 Å². The van der Waals surface area contributed by atoms with Gasteiger partial charge in [-0.05, 0) is 74.4 Å². The molecule has 0 aliphatic heterocycles. The Bertz CT molecular complexity index is 1610. The number of aromatic nitrogens is 2. The van der Waals surface area contributed by atoms with Crippen molar-refractivity contribution in [1.82, 2.24) is 9.55 Å². The Morgan fingerprint density at radius 3 is 2.43 bits per heavy atom. The van der Waals surface area contributed by atoms with Crippen molar-refractivity contribution in [2.24, 2.45) is 0 Å². The van der Waals surface area contributed by atoms with Crippen molar-refractivity contribution in [2.45, 2.75) is 37.1 Å². The molecule has 0 spiro atoms. The molecule has 2 aromatic heterocycles. The number of nitrogens with zero attached hydrogens (tertiary/aromatic N) is 2. The predicted molar refractivity (Wildman–Crippen MR) is 134 cm³/mol. The van der Waals surface area contributed by atoms with Gasteiger partial charge in [-0.2, -0.15) is 0 Å². The molecule has 8 nitrogen and oxygen atoms in total. The molecular formula is C26H25N3O5S. The second-order valence-electron chi connectivity index (χ2n) is 8.32. The van der Waals surface area contributed by atoms with Crippen molar-refractivity contribution in [3.05, 3.63) is 87.8 Å². The number of amides is 1. The smallest absolute Gasteiger partial charge is 0.244 e.